The highest BCUT2D eigenvalue weighted by Gasteiger charge is 2.18. The van der Waals surface area contributed by atoms with E-state index in [1.807, 2.05) is 7.05 Å². The average molecular weight is 297 g/mol. The van der Waals surface area contributed by atoms with Crippen molar-refractivity contribution in [2.45, 2.75) is 40.2 Å². The van der Waals surface area contributed by atoms with Gasteiger partial charge in [0.05, 0.1) is 0 Å². The standard InChI is InChI=1S/C16H35N5/c1-7-20-8-10-21(11-9-20)13-14(2)12-18-15(17-6)19-16(3,4)5/h14H,7-13H2,1-6H3,(H2,17,18,19). The van der Waals surface area contributed by atoms with Crippen LogP contribution in [0.3, 0.4) is 0 Å². The quantitative estimate of drug-likeness (QED) is 0.592. The first-order valence-electron chi connectivity index (χ1n) is 8.27. The van der Waals surface area contributed by atoms with Crippen LogP contribution in [-0.4, -0.2) is 74.2 Å². The van der Waals surface area contributed by atoms with Crippen LogP contribution in [0, 0.1) is 5.92 Å². The van der Waals surface area contributed by atoms with E-state index in [0.717, 1.165) is 19.0 Å². The number of nitrogens with zero attached hydrogens (tertiary/aromatic N) is 3. The summed E-state index contributed by atoms with van der Waals surface area (Å²) in [7, 11) is 1.83. The zero-order valence-corrected chi connectivity index (χ0v) is 14.9. The van der Waals surface area contributed by atoms with Crippen LogP contribution in [0.25, 0.3) is 0 Å². The fourth-order valence-electron chi connectivity index (χ4n) is 2.60. The normalized spacial score (nSPS) is 20.4. The summed E-state index contributed by atoms with van der Waals surface area (Å²) in [6.07, 6.45) is 0. The molecule has 124 valence electrons. The molecule has 1 rings (SSSR count). The fraction of sp³-hybridized carbons (Fsp3) is 0.938. The lowest BCUT2D eigenvalue weighted by Crippen LogP contribution is -2.50. The van der Waals surface area contributed by atoms with Gasteiger partial charge in [-0.05, 0) is 33.2 Å². The number of nitrogens with one attached hydrogen (secondary N) is 2. The van der Waals surface area contributed by atoms with E-state index >= 15 is 0 Å². The van der Waals surface area contributed by atoms with Crippen LogP contribution in [0.2, 0.25) is 0 Å². The molecule has 0 spiro atoms. The molecule has 21 heavy (non-hydrogen) atoms. The van der Waals surface area contributed by atoms with Gasteiger partial charge in [0, 0.05) is 51.9 Å². The molecule has 1 unspecified atom stereocenters. The number of piperazine rings is 1. The van der Waals surface area contributed by atoms with Gasteiger partial charge in [-0.25, -0.2) is 0 Å². The van der Waals surface area contributed by atoms with Crippen molar-refractivity contribution in [3.63, 3.8) is 0 Å². The van der Waals surface area contributed by atoms with E-state index in [-0.39, 0.29) is 5.54 Å². The van der Waals surface area contributed by atoms with Crippen molar-refractivity contribution in [2.24, 2.45) is 10.9 Å². The molecule has 1 heterocycles. The lowest BCUT2D eigenvalue weighted by atomic mass is 10.1. The predicted molar refractivity (Wildman–Crippen MR) is 92.0 cm³/mol. The second-order valence-corrected chi connectivity index (χ2v) is 7.17. The van der Waals surface area contributed by atoms with Crippen molar-refractivity contribution in [3.05, 3.63) is 0 Å². The van der Waals surface area contributed by atoms with Gasteiger partial charge in [0.15, 0.2) is 5.96 Å². The van der Waals surface area contributed by atoms with Crippen molar-refractivity contribution in [1.82, 2.24) is 20.4 Å². The zero-order valence-electron chi connectivity index (χ0n) is 14.9. The number of aliphatic imine (C=N–C) groups is 1. The number of hydrogen-bond acceptors (Lipinski definition) is 3. The Labute approximate surface area is 131 Å². The first-order chi connectivity index (χ1) is 9.84. The summed E-state index contributed by atoms with van der Waals surface area (Å²) < 4.78 is 0. The molecular weight excluding hydrogens is 262 g/mol. The summed E-state index contributed by atoms with van der Waals surface area (Å²) in [5.74, 6) is 1.52. The smallest absolute Gasteiger partial charge is 0.191 e. The van der Waals surface area contributed by atoms with Crippen molar-refractivity contribution < 1.29 is 0 Å². The highest BCUT2D eigenvalue weighted by atomic mass is 15.3. The van der Waals surface area contributed by atoms with Crippen LogP contribution < -0.4 is 10.6 Å². The topological polar surface area (TPSA) is 42.9 Å². The summed E-state index contributed by atoms with van der Waals surface area (Å²) in [4.78, 5) is 9.39. The Bertz CT molecular complexity index is 313. The van der Waals surface area contributed by atoms with Gasteiger partial charge < -0.3 is 20.4 Å². The molecule has 0 amide bonds. The van der Waals surface area contributed by atoms with Crippen molar-refractivity contribution in [2.75, 3.05) is 52.9 Å². The van der Waals surface area contributed by atoms with Gasteiger partial charge in [-0.15, -0.1) is 0 Å². The largest absolute Gasteiger partial charge is 0.356 e. The molecule has 0 aliphatic carbocycles. The molecule has 0 bridgehead atoms. The summed E-state index contributed by atoms with van der Waals surface area (Å²) in [5.41, 5.74) is 0.0432. The monoisotopic (exact) mass is 297 g/mol. The van der Waals surface area contributed by atoms with E-state index in [1.54, 1.807) is 0 Å². The van der Waals surface area contributed by atoms with Crippen molar-refractivity contribution in [1.29, 1.82) is 0 Å². The lowest BCUT2D eigenvalue weighted by molar-refractivity contribution is 0.124. The molecule has 1 fully saturated rings. The molecule has 1 aliphatic heterocycles. The lowest BCUT2D eigenvalue weighted by Gasteiger charge is -2.35. The van der Waals surface area contributed by atoms with Gasteiger partial charge in [0.2, 0.25) is 0 Å². The predicted octanol–water partition coefficient (Wildman–Crippen LogP) is 1.22. The van der Waals surface area contributed by atoms with E-state index in [0.29, 0.717) is 5.92 Å². The first-order valence-corrected chi connectivity index (χ1v) is 8.27. The maximum atomic E-state index is 4.29. The number of rotatable bonds is 5. The van der Waals surface area contributed by atoms with Gasteiger partial charge in [-0.1, -0.05) is 13.8 Å². The highest BCUT2D eigenvalue weighted by molar-refractivity contribution is 5.80. The molecule has 1 saturated heterocycles. The molecule has 2 N–H and O–H groups in total. The molecule has 0 radical (unpaired) electrons. The van der Waals surface area contributed by atoms with E-state index < -0.39 is 0 Å². The Morgan fingerprint density at radius 3 is 2.19 bits per heavy atom. The Hall–Kier alpha value is -0.810. The van der Waals surface area contributed by atoms with E-state index in [9.17, 15) is 0 Å². The second kappa shape index (κ2) is 8.59. The van der Waals surface area contributed by atoms with Crippen LogP contribution >= 0.6 is 0 Å². The second-order valence-electron chi connectivity index (χ2n) is 7.17. The van der Waals surface area contributed by atoms with Crippen LogP contribution in [0.4, 0.5) is 0 Å². The third-order valence-corrected chi connectivity index (χ3v) is 3.82. The van der Waals surface area contributed by atoms with E-state index in [1.165, 1.54) is 32.7 Å². The van der Waals surface area contributed by atoms with Gasteiger partial charge in [0.25, 0.3) is 0 Å². The Morgan fingerprint density at radius 2 is 1.71 bits per heavy atom. The third kappa shape index (κ3) is 7.67. The zero-order chi connectivity index (χ0) is 15.9. The number of hydrogen-bond donors (Lipinski definition) is 2. The van der Waals surface area contributed by atoms with Crippen molar-refractivity contribution in [3.8, 4) is 0 Å². The molecule has 0 aromatic heterocycles. The molecule has 0 saturated carbocycles. The maximum Gasteiger partial charge on any atom is 0.191 e. The third-order valence-electron chi connectivity index (χ3n) is 3.82. The Morgan fingerprint density at radius 1 is 1.14 bits per heavy atom. The molecule has 1 atom stereocenters. The van der Waals surface area contributed by atoms with Gasteiger partial charge in [-0.2, -0.15) is 0 Å². The SMILES string of the molecule is CCN1CCN(CC(C)CNC(=NC)NC(C)(C)C)CC1. The highest BCUT2D eigenvalue weighted by Crippen LogP contribution is 2.05. The van der Waals surface area contributed by atoms with Crippen LogP contribution in [-0.2, 0) is 0 Å². The van der Waals surface area contributed by atoms with E-state index in [2.05, 4.69) is 60.0 Å². The number of guanidine groups is 1. The molecule has 5 nitrogen and oxygen atoms in total. The molecular formula is C16H35N5. The molecule has 0 aromatic rings. The summed E-state index contributed by atoms with van der Waals surface area (Å²) in [5, 5.41) is 6.83. The van der Waals surface area contributed by atoms with Crippen molar-refractivity contribution >= 4 is 5.96 Å². The van der Waals surface area contributed by atoms with Gasteiger partial charge >= 0.3 is 0 Å². The van der Waals surface area contributed by atoms with Crippen LogP contribution in [0.1, 0.15) is 34.6 Å². The maximum absolute atomic E-state index is 4.29. The minimum absolute atomic E-state index is 0.0432. The van der Waals surface area contributed by atoms with Crippen LogP contribution in [0.15, 0.2) is 4.99 Å². The summed E-state index contributed by atoms with van der Waals surface area (Å²) >= 11 is 0. The van der Waals surface area contributed by atoms with Crippen LogP contribution in [0.5, 0.6) is 0 Å². The molecule has 1 aliphatic rings. The Kier molecular flexibility index (Phi) is 7.46. The minimum atomic E-state index is 0.0432. The molecule has 5 heteroatoms. The molecule has 0 aromatic carbocycles. The summed E-state index contributed by atoms with van der Waals surface area (Å²) in [6, 6.07) is 0. The Balaban J connectivity index is 2.26. The summed E-state index contributed by atoms with van der Waals surface area (Å²) in [6.45, 7) is 19.1. The fourth-order valence-corrected chi connectivity index (χ4v) is 2.60. The minimum Gasteiger partial charge on any atom is -0.356 e. The van der Waals surface area contributed by atoms with Gasteiger partial charge in [-0.3, -0.25) is 4.99 Å². The van der Waals surface area contributed by atoms with E-state index in [4.69, 9.17) is 0 Å². The number of likely N-dealkylation sites (N-methyl/N-ethyl adjacent to an activating group) is 1. The average Bonchev–Trinajstić information content (AvgIpc) is 2.43. The van der Waals surface area contributed by atoms with Gasteiger partial charge in [0.1, 0.15) is 0 Å². The first kappa shape index (κ1) is 18.2.